The average molecular weight is 239 g/mol. The van der Waals surface area contributed by atoms with Crippen LogP contribution in [-0.2, 0) is 0 Å². The van der Waals surface area contributed by atoms with E-state index < -0.39 is 0 Å². The molecule has 0 aliphatic carbocycles. The summed E-state index contributed by atoms with van der Waals surface area (Å²) in [5.41, 5.74) is 0.851. The van der Waals surface area contributed by atoms with Crippen LogP contribution in [0.1, 0.15) is 20.3 Å². The van der Waals surface area contributed by atoms with E-state index in [1.807, 2.05) is 19.1 Å². The molecule has 0 radical (unpaired) electrons. The number of fused-ring (bicyclic) bond motifs is 1. The SMILES string of the molecule is CC(Cl)CC(C)Nc1nccc2occc12. The maximum atomic E-state index is 5.96. The maximum Gasteiger partial charge on any atom is 0.139 e. The van der Waals surface area contributed by atoms with E-state index in [1.54, 1.807) is 12.5 Å². The summed E-state index contributed by atoms with van der Waals surface area (Å²) < 4.78 is 5.32. The molecule has 0 spiro atoms. The molecule has 2 unspecified atom stereocenters. The Balaban J connectivity index is 2.17. The summed E-state index contributed by atoms with van der Waals surface area (Å²) in [6.07, 6.45) is 4.31. The number of anilines is 1. The van der Waals surface area contributed by atoms with Crippen LogP contribution in [0, 0.1) is 0 Å². The first-order chi connectivity index (χ1) is 7.66. The number of rotatable bonds is 4. The van der Waals surface area contributed by atoms with Crippen LogP contribution in [-0.4, -0.2) is 16.4 Å². The number of furan rings is 1. The van der Waals surface area contributed by atoms with Gasteiger partial charge in [0.25, 0.3) is 0 Å². The van der Waals surface area contributed by atoms with Gasteiger partial charge in [-0.25, -0.2) is 4.98 Å². The molecule has 0 fully saturated rings. The normalized spacial score (nSPS) is 14.9. The van der Waals surface area contributed by atoms with Gasteiger partial charge in [-0.1, -0.05) is 0 Å². The van der Waals surface area contributed by atoms with E-state index in [0.717, 1.165) is 23.2 Å². The van der Waals surface area contributed by atoms with Crippen molar-refractivity contribution in [3.05, 3.63) is 24.6 Å². The van der Waals surface area contributed by atoms with Crippen LogP contribution in [0.4, 0.5) is 5.82 Å². The fourth-order valence-electron chi connectivity index (χ4n) is 1.79. The first kappa shape index (κ1) is 11.3. The fourth-order valence-corrected chi connectivity index (χ4v) is 2.06. The fraction of sp³-hybridized carbons (Fsp3) is 0.417. The molecule has 2 aromatic rings. The van der Waals surface area contributed by atoms with Gasteiger partial charge in [-0.15, -0.1) is 11.6 Å². The molecule has 2 rings (SSSR count). The van der Waals surface area contributed by atoms with E-state index in [9.17, 15) is 0 Å². The summed E-state index contributed by atoms with van der Waals surface area (Å²) in [7, 11) is 0. The zero-order valence-electron chi connectivity index (χ0n) is 9.40. The Bertz CT molecular complexity index is 467. The van der Waals surface area contributed by atoms with E-state index in [1.165, 1.54) is 0 Å². The maximum absolute atomic E-state index is 5.96. The Morgan fingerprint density at radius 3 is 3.00 bits per heavy atom. The van der Waals surface area contributed by atoms with Crippen LogP contribution in [0.2, 0.25) is 0 Å². The molecule has 2 aromatic heterocycles. The van der Waals surface area contributed by atoms with E-state index in [0.29, 0.717) is 6.04 Å². The lowest BCUT2D eigenvalue weighted by Gasteiger charge is -2.15. The third-order valence-corrected chi connectivity index (χ3v) is 2.62. The number of nitrogens with zero attached hydrogens (tertiary/aromatic N) is 1. The molecule has 4 heteroatoms. The molecule has 0 amide bonds. The Kier molecular flexibility index (Phi) is 3.34. The van der Waals surface area contributed by atoms with Gasteiger partial charge in [-0.3, -0.25) is 0 Å². The van der Waals surface area contributed by atoms with Gasteiger partial charge in [-0.2, -0.15) is 0 Å². The third kappa shape index (κ3) is 2.47. The lowest BCUT2D eigenvalue weighted by atomic mass is 10.2. The standard InChI is InChI=1S/C12H15ClN2O/c1-8(13)7-9(2)15-12-10-4-6-16-11(10)3-5-14-12/h3-6,8-9H,7H2,1-2H3,(H,14,15). The molecule has 3 nitrogen and oxygen atoms in total. The highest BCUT2D eigenvalue weighted by molar-refractivity contribution is 6.20. The van der Waals surface area contributed by atoms with Crippen molar-refractivity contribution in [2.24, 2.45) is 0 Å². The number of hydrogen-bond donors (Lipinski definition) is 1. The summed E-state index contributed by atoms with van der Waals surface area (Å²) >= 11 is 5.96. The van der Waals surface area contributed by atoms with E-state index in [2.05, 4.69) is 17.2 Å². The summed E-state index contributed by atoms with van der Waals surface area (Å²) in [6, 6.07) is 4.07. The van der Waals surface area contributed by atoms with Crippen LogP contribution in [0.15, 0.2) is 29.0 Å². The van der Waals surface area contributed by atoms with Gasteiger partial charge in [0.1, 0.15) is 11.4 Å². The van der Waals surface area contributed by atoms with E-state index in [-0.39, 0.29) is 5.38 Å². The summed E-state index contributed by atoms with van der Waals surface area (Å²) in [5, 5.41) is 4.52. The monoisotopic (exact) mass is 238 g/mol. The molecule has 16 heavy (non-hydrogen) atoms. The Hall–Kier alpha value is -1.22. The average Bonchev–Trinajstić information content (AvgIpc) is 2.65. The smallest absolute Gasteiger partial charge is 0.139 e. The van der Waals surface area contributed by atoms with Crippen LogP contribution < -0.4 is 5.32 Å². The molecule has 86 valence electrons. The molecule has 0 saturated heterocycles. The zero-order valence-corrected chi connectivity index (χ0v) is 10.2. The van der Waals surface area contributed by atoms with Gasteiger partial charge in [0.05, 0.1) is 11.6 Å². The number of aromatic nitrogens is 1. The van der Waals surface area contributed by atoms with Crippen molar-refractivity contribution >= 4 is 28.4 Å². The largest absolute Gasteiger partial charge is 0.464 e. The van der Waals surface area contributed by atoms with Gasteiger partial charge < -0.3 is 9.73 Å². The van der Waals surface area contributed by atoms with Gasteiger partial charge in [0.2, 0.25) is 0 Å². The number of pyridine rings is 1. The molecular formula is C12H15ClN2O. The van der Waals surface area contributed by atoms with Crippen LogP contribution in [0.3, 0.4) is 0 Å². The van der Waals surface area contributed by atoms with Crippen LogP contribution >= 0.6 is 11.6 Å². The van der Waals surface area contributed by atoms with Crippen molar-refractivity contribution in [1.82, 2.24) is 4.98 Å². The molecule has 2 heterocycles. The predicted molar refractivity (Wildman–Crippen MR) is 67.0 cm³/mol. The highest BCUT2D eigenvalue weighted by atomic mass is 35.5. The van der Waals surface area contributed by atoms with Crippen molar-refractivity contribution in [3.63, 3.8) is 0 Å². The number of nitrogens with one attached hydrogen (secondary N) is 1. The first-order valence-electron chi connectivity index (χ1n) is 5.39. The minimum absolute atomic E-state index is 0.158. The van der Waals surface area contributed by atoms with Crippen LogP contribution in [0.5, 0.6) is 0 Å². The lowest BCUT2D eigenvalue weighted by molar-refractivity contribution is 0.615. The summed E-state index contributed by atoms with van der Waals surface area (Å²) in [6.45, 7) is 4.09. The second kappa shape index (κ2) is 4.74. The molecule has 0 aliphatic heterocycles. The molecule has 2 atom stereocenters. The number of halogens is 1. The highest BCUT2D eigenvalue weighted by Gasteiger charge is 2.09. The molecule has 0 saturated carbocycles. The van der Waals surface area contributed by atoms with Crippen molar-refractivity contribution in [2.75, 3.05) is 5.32 Å². The highest BCUT2D eigenvalue weighted by Crippen LogP contribution is 2.23. The Morgan fingerprint density at radius 2 is 2.25 bits per heavy atom. The molecular weight excluding hydrogens is 224 g/mol. The second-order valence-electron chi connectivity index (χ2n) is 4.05. The quantitative estimate of drug-likeness (QED) is 0.827. The van der Waals surface area contributed by atoms with Gasteiger partial charge in [0, 0.05) is 17.6 Å². The lowest BCUT2D eigenvalue weighted by Crippen LogP contribution is -2.19. The van der Waals surface area contributed by atoms with Crippen molar-refractivity contribution in [2.45, 2.75) is 31.7 Å². The Labute approximate surface area is 99.8 Å². The van der Waals surface area contributed by atoms with Gasteiger partial charge in [-0.05, 0) is 32.4 Å². The molecule has 0 aliphatic rings. The zero-order chi connectivity index (χ0) is 11.5. The van der Waals surface area contributed by atoms with Crippen molar-refractivity contribution < 1.29 is 4.42 Å². The topological polar surface area (TPSA) is 38.1 Å². The first-order valence-corrected chi connectivity index (χ1v) is 5.83. The minimum atomic E-state index is 0.158. The number of alkyl halides is 1. The molecule has 0 bridgehead atoms. The van der Waals surface area contributed by atoms with Gasteiger partial charge in [0.15, 0.2) is 0 Å². The van der Waals surface area contributed by atoms with Gasteiger partial charge >= 0.3 is 0 Å². The van der Waals surface area contributed by atoms with Crippen molar-refractivity contribution in [3.8, 4) is 0 Å². The summed E-state index contributed by atoms with van der Waals surface area (Å²) in [4.78, 5) is 4.31. The molecule has 0 aromatic carbocycles. The predicted octanol–water partition coefficient (Wildman–Crippen LogP) is 3.65. The minimum Gasteiger partial charge on any atom is -0.464 e. The van der Waals surface area contributed by atoms with Crippen molar-refractivity contribution in [1.29, 1.82) is 0 Å². The third-order valence-electron chi connectivity index (χ3n) is 2.44. The van der Waals surface area contributed by atoms with E-state index >= 15 is 0 Å². The second-order valence-corrected chi connectivity index (χ2v) is 4.80. The van der Waals surface area contributed by atoms with E-state index in [4.69, 9.17) is 16.0 Å². The molecule has 1 N–H and O–H groups in total. The summed E-state index contributed by atoms with van der Waals surface area (Å²) in [5.74, 6) is 0.857. The Morgan fingerprint density at radius 1 is 1.44 bits per heavy atom. The number of hydrogen-bond acceptors (Lipinski definition) is 3. The van der Waals surface area contributed by atoms with Crippen LogP contribution in [0.25, 0.3) is 11.0 Å².